The summed E-state index contributed by atoms with van der Waals surface area (Å²) >= 11 is 0. The number of rotatable bonds is 3. The zero-order valence-electron chi connectivity index (χ0n) is 9.09. The molecule has 0 aliphatic carbocycles. The van der Waals surface area contributed by atoms with Gasteiger partial charge in [-0.3, -0.25) is 4.79 Å². The van der Waals surface area contributed by atoms with Crippen LogP contribution < -0.4 is 5.32 Å². The van der Waals surface area contributed by atoms with E-state index in [1.807, 2.05) is 20.8 Å². The molecule has 0 saturated carbocycles. The second-order valence-corrected chi connectivity index (χ2v) is 4.13. The second kappa shape index (κ2) is 5.42. The highest BCUT2D eigenvalue weighted by molar-refractivity contribution is 5.94. The maximum absolute atomic E-state index is 11.1. The minimum absolute atomic E-state index is 0.0365. The molecule has 0 fully saturated rings. The minimum atomic E-state index is -0.532. The number of ether oxygens (including phenoxy) is 1. The van der Waals surface area contributed by atoms with Gasteiger partial charge in [-0.15, -0.1) is 0 Å². The van der Waals surface area contributed by atoms with Gasteiger partial charge in [-0.25, -0.2) is 4.79 Å². The minimum Gasteiger partial charge on any atom is -0.466 e. The quantitative estimate of drug-likeness (QED) is 0.542. The van der Waals surface area contributed by atoms with Crippen LogP contribution in [0, 0.1) is 5.41 Å². The van der Waals surface area contributed by atoms with Crippen molar-refractivity contribution in [3.05, 3.63) is 12.2 Å². The lowest BCUT2D eigenvalue weighted by atomic mass is 9.97. The molecule has 0 aliphatic heterocycles. The van der Waals surface area contributed by atoms with E-state index in [1.54, 1.807) is 0 Å². The summed E-state index contributed by atoms with van der Waals surface area (Å²) in [5, 5.41) is 2.67. The number of nitrogens with one attached hydrogen (secondary N) is 1. The average Bonchev–Trinajstić information content (AvgIpc) is 2.09. The molecule has 0 spiro atoms. The van der Waals surface area contributed by atoms with Gasteiger partial charge in [-0.05, 0) is 5.41 Å². The SMILES string of the molecule is COC(=O)/C=C/C(=O)NCC(C)(C)C. The lowest BCUT2D eigenvalue weighted by Crippen LogP contribution is -2.31. The van der Waals surface area contributed by atoms with Gasteiger partial charge in [0.05, 0.1) is 7.11 Å². The Morgan fingerprint density at radius 1 is 1.29 bits per heavy atom. The van der Waals surface area contributed by atoms with E-state index in [4.69, 9.17) is 0 Å². The second-order valence-electron chi connectivity index (χ2n) is 4.13. The average molecular weight is 199 g/mol. The standard InChI is InChI=1S/C10H17NO3/c1-10(2,3)7-11-8(12)5-6-9(13)14-4/h5-6H,7H2,1-4H3,(H,11,12)/b6-5+. The van der Waals surface area contributed by atoms with Gasteiger partial charge in [-0.2, -0.15) is 0 Å². The molecule has 0 radical (unpaired) electrons. The number of hydrogen-bond acceptors (Lipinski definition) is 3. The maximum atomic E-state index is 11.1. The molecule has 0 aromatic carbocycles. The summed E-state index contributed by atoms with van der Waals surface area (Å²) in [7, 11) is 1.26. The highest BCUT2D eigenvalue weighted by Crippen LogP contribution is 2.09. The third-order valence-electron chi connectivity index (χ3n) is 1.36. The molecular formula is C10H17NO3. The third kappa shape index (κ3) is 7.34. The van der Waals surface area contributed by atoms with E-state index in [-0.39, 0.29) is 11.3 Å². The normalized spacial score (nSPS) is 11.4. The van der Waals surface area contributed by atoms with Crippen LogP contribution in [0.1, 0.15) is 20.8 Å². The van der Waals surface area contributed by atoms with Crippen molar-refractivity contribution in [3.63, 3.8) is 0 Å². The summed E-state index contributed by atoms with van der Waals surface area (Å²) in [4.78, 5) is 21.7. The van der Waals surface area contributed by atoms with Crippen LogP contribution in [0.15, 0.2) is 12.2 Å². The first kappa shape index (κ1) is 12.7. The van der Waals surface area contributed by atoms with Gasteiger partial charge in [0.1, 0.15) is 0 Å². The fourth-order valence-corrected chi connectivity index (χ4v) is 0.623. The molecular weight excluding hydrogens is 182 g/mol. The van der Waals surface area contributed by atoms with Crippen LogP contribution in [0.25, 0.3) is 0 Å². The Labute approximate surface area is 84.3 Å². The van der Waals surface area contributed by atoms with Crippen LogP contribution in [0.4, 0.5) is 0 Å². The van der Waals surface area contributed by atoms with Crippen LogP contribution in [0.3, 0.4) is 0 Å². The molecule has 14 heavy (non-hydrogen) atoms. The Morgan fingerprint density at radius 2 is 1.86 bits per heavy atom. The van der Waals surface area contributed by atoms with Gasteiger partial charge >= 0.3 is 5.97 Å². The highest BCUT2D eigenvalue weighted by atomic mass is 16.5. The fourth-order valence-electron chi connectivity index (χ4n) is 0.623. The molecule has 0 rings (SSSR count). The molecule has 4 nitrogen and oxygen atoms in total. The predicted octanol–water partition coefficient (Wildman–Crippen LogP) is 0.878. The smallest absolute Gasteiger partial charge is 0.330 e. The molecule has 0 bridgehead atoms. The zero-order chi connectivity index (χ0) is 11.2. The van der Waals surface area contributed by atoms with E-state index in [0.717, 1.165) is 12.2 Å². The monoisotopic (exact) mass is 199 g/mol. The Morgan fingerprint density at radius 3 is 2.29 bits per heavy atom. The number of methoxy groups -OCH3 is 1. The van der Waals surface area contributed by atoms with Crippen molar-refractivity contribution in [2.24, 2.45) is 5.41 Å². The first-order valence-electron chi connectivity index (χ1n) is 4.39. The third-order valence-corrected chi connectivity index (χ3v) is 1.36. The highest BCUT2D eigenvalue weighted by Gasteiger charge is 2.10. The van der Waals surface area contributed by atoms with Gasteiger partial charge in [0.15, 0.2) is 0 Å². The number of amides is 1. The van der Waals surface area contributed by atoms with Crippen molar-refractivity contribution in [2.45, 2.75) is 20.8 Å². The summed E-state index contributed by atoms with van der Waals surface area (Å²) in [5.74, 6) is -0.818. The maximum Gasteiger partial charge on any atom is 0.330 e. The van der Waals surface area contributed by atoms with Crippen LogP contribution >= 0.6 is 0 Å². The summed E-state index contributed by atoms with van der Waals surface area (Å²) in [6.07, 6.45) is 2.26. The topological polar surface area (TPSA) is 55.4 Å². The van der Waals surface area contributed by atoms with Crippen molar-refractivity contribution >= 4 is 11.9 Å². The van der Waals surface area contributed by atoms with Crippen LogP contribution in [-0.2, 0) is 14.3 Å². The molecule has 0 aliphatic rings. The molecule has 1 amide bonds. The Kier molecular flexibility index (Phi) is 4.91. The van der Waals surface area contributed by atoms with Crippen molar-refractivity contribution in [1.29, 1.82) is 0 Å². The number of carbonyl (C=O) groups is 2. The van der Waals surface area contributed by atoms with Crippen molar-refractivity contribution in [2.75, 3.05) is 13.7 Å². The first-order valence-corrected chi connectivity index (χ1v) is 4.39. The predicted molar refractivity (Wildman–Crippen MR) is 53.6 cm³/mol. The molecule has 80 valence electrons. The van der Waals surface area contributed by atoms with E-state index in [9.17, 15) is 9.59 Å². The van der Waals surface area contributed by atoms with E-state index in [0.29, 0.717) is 6.54 Å². The Hall–Kier alpha value is -1.32. The van der Waals surface area contributed by atoms with E-state index in [2.05, 4.69) is 10.1 Å². The zero-order valence-corrected chi connectivity index (χ0v) is 9.09. The molecule has 1 N–H and O–H groups in total. The van der Waals surface area contributed by atoms with Crippen molar-refractivity contribution in [1.82, 2.24) is 5.32 Å². The van der Waals surface area contributed by atoms with Crippen LogP contribution in [0.2, 0.25) is 0 Å². The Bertz CT molecular complexity index is 238. The summed E-state index contributed by atoms with van der Waals surface area (Å²) in [5.41, 5.74) is 0.0365. The Balaban J connectivity index is 3.88. The fraction of sp³-hybridized carbons (Fsp3) is 0.600. The van der Waals surface area contributed by atoms with Gasteiger partial charge in [0.25, 0.3) is 0 Å². The van der Waals surface area contributed by atoms with E-state index < -0.39 is 5.97 Å². The lowest BCUT2D eigenvalue weighted by Gasteiger charge is -2.17. The molecule has 4 heteroatoms. The molecule has 0 heterocycles. The van der Waals surface area contributed by atoms with Crippen molar-refractivity contribution < 1.29 is 14.3 Å². The molecule has 0 unspecified atom stereocenters. The van der Waals surface area contributed by atoms with Gasteiger partial charge in [0, 0.05) is 18.7 Å². The lowest BCUT2D eigenvalue weighted by molar-refractivity contribution is -0.135. The van der Waals surface area contributed by atoms with E-state index >= 15 is 0 Å². The number of carbonyl (C=O) groups excluding carboxylic acids is 2. The first-order chi connectivity index (χ1) is 6.35. The van der Waals surface area contributed by atoms with Gasteiger partial charge in [0.2, 0.25) is 5.91 Å². The number of hydrogen-bond donors (Lipinski definition) is 1. The number of esters is 1. The summed E-state index contributed by atoms with van der Waals surface area (Å²) in [6.45, 7) is 6.60. The van der Waals surface area contributed by atoms with Crippen LogP contribution in [-0.4, -0.2) is 25.5 Å². The molecule has 0 saturated heterocycles. The molecule has 0 aromatic heterocycles. The largest absolute Gasteiger partial charge is 0.466 e. The molecule has 0 atom stereocenters. The van der Waals surface area contributed by atoms with Crippen molar-refractivity contribution in [3.8, 4) is 0 Å². The van der Waals surface area contributed by atoms with Gasteiger partial charge < -0.3 is 10.1 Å². The summed E-state index contributed by atoms with van der Waals surface area (Å²) in [6, 6.07) is 0. The molecule has 0 aromatic rings. The van der Waals surface area contributed by atoms with E-state index in [1.165, 1.54) is 7.11 Å². The van der Waals surface area contributed by atoms with Gasteiger partial charge in [-0.1, -0.05) is 20.8 Å². The summed E-state index contributed by atoms with van der Waals surface area (Å²) < 4.78 is 4.34. The van der Waals surface area contributed by atoms with Crippen LogP contribution in [0.5, 0.6) is 0 Å².